The van der Waals surface area contributed by atoms with Gasteiger partial charge in [-0.1, -0.05) is 49.9 Å². The highest BCUT2D eigenvalue weighted by Crippen LogP contribution is 2.20. The molecule has 1 atom stereocenters. The van der Waals surface area contributed by atoms with Gasteiger partial charge in [-0.3, -0.25) is 9.59 Å². The number of rotatable bonds is 5. The SMILES string of the molecule is C.N.NC(CCC(=O)O)C(=O)c1cccc2ccccc12. The zero-order valence-corrected chi connectivity index (χ0v) is 11.1. The van der Waals surface area contributed by atoms with Crippen molar-refractivity contribution in [2.24, 2.45) is 5.73 Å². The van der Waals surface area contributed by atoms with Crippen LogP contribution in [-0.2, 0) is 4.79 Å². The first-order valence-electron chi connectivity index (χ1n) is 6.09. The van der Waals surface area contributed by atoms with Gasteiger partial charge in [0.25, 0.3) is 0 Å². The van der Waals surface area contributed by atoms with E-state index in [1.165, 1.54) is 0 Å². The second-order valence-electron chi connectivity index (χ2n) is 4.43. The number of hydrogen-bond donors (Lipinski definition) is 3. The fourth-order valence-electron chi connectivity index (χ4n) is 2.05. The Labute approximate surface area is 124 Å². The van der Waals surface area contributed by atoms with Gasteiger partial charge in [-0.05, 0) is 17.2 Å². The second-order valence-corrected chi connectivity index (χ2v) is 4.43. The van der Waals surface area contributed by atoms with Gasteiger partial charge in [-0.2, -0.15) is 0 Å². The van der Waals surface area contributed by atoms with Gasteiger partial charge >= 0.3 is 5.97 Å². The Bertz CT molecular complexity index is 620. The van der Waals surface area contributed by atoms with Crippen molar-refractivity contribution in [2.75, 3.05) is 0 Å². The van der Waals surface area contributed by atoms with Crippen molar-refractivity contribution in [3.63, 3.8) is 0 Å². The van der Waals surface area contributed by atoms with E-state index >= 15 is 0 Å². The Morgan fingerprint density at radius 3 is 2.38 bits per heavy atom. The summed E-state index contributed by atoms with van der Waals surface area (Å²) in [5, 5.41) is 10.4. The molecule has 2 aromatic carbocycles. The van der Waals surface area contributed by atoms with E-state index in [9.17, 15) is 9.59 Å². The maximum Gasteiger partial charge on any atom is 0.303 e. The summed E-state index contributed by atoms with van der Waals surface area (Å²) in [4.78, 5) is 22.8. The van der Waals surface area contributed by atoms with Crippen LogP contribution in [0.25, 0.3) is 10.8 Å². The lowest BCUT2D eigenvalue weighted by Gasteiger charge is -2.11. The van der Waals surface area contributed by atoms with Crippen LogP contribution in [0.4, 0.5) is 0 Å². The zero-order chi connectivity index (χ0) is 13.8. The Morgan fingerprint density at radius 2 is 1.71 bits per heavy atom. The molecule has 0 aliphatic heterocycles. The van der Waals surface area contributed by atoms with Crippen LogP contribution >= 0.6 is 0 Å². The summed E-state index contributed by atoms with van der Waals surface area (Å²) in [6, 6.07) is 12.2. The molecule has 2 aromatic rings. The molecule has 0 aliphatic rings. The van der Waals surface area contributed by atoms with Crippen LogP contribution < -0.4 is 11.9 Å². The smallest absolute Gasteiger partial charge is 0.303 e. The predicted octanol–water partition coefficient (Wildman–Crippen LogP) is 3.01. The van der Waals surface area contributed by atoms with Crippen LogP contribution in [0.5, 0.6) is 0 Å². The van der Waals surface area contributed by atoms with Crippen molar-refractivity contribution in [2.45, 2.75) is 26.3 Å². The third kappa shape index (κ3) is 4.37. The molecule has 0 aromatic heterocycles. The molecule has 0 spiro atoms. The van der Waals surface area contributed by atoms with Gasteiger partial charge in [-0.15, -0.1) is 0 Å². The molecule has 0 saturated carbocycles. The minimum atomic E-state index is -0.943. The Morgan fingerprint density at radius 1 is 1.10 bits per heavy atom. The number of hydrogen-bond acceptors (Lipinski definition) is 4. The predicted molar refractivity (Wildman–Crippen MR) is 84.9 cm³/mol. The van der Waals surface area contributed by atoms with Crippen LogP contribution in [0.15, 0.2) is 42.5 Å². The van der Waals surface area contributed by atoms with Crippen LogP contribution in [0, 0.1) is 0 Å². The zero-order valence-electron chi connectivity index (χ0n) is 11.1. The molecule has 5 heteroatoms. The highest BCUT2D eigenvalue weighted by atomic mass is 16.4. The molecule has 0 amide bonds. The molecule has 0 fully saturated rings. The lowest BCUT2D eigenvalue weighted by atomic mass is 9.96. The maximum atomic E-state index is 12.3. The third-order valence-corrected chi connectivity index (χ3v) is 3.06. The minimum absolute atomic E-state index is 0. The van der Waals surface area contributed by atoms with Gasteiger partial charge in [-0.25, -0.2) is 0 Å². The van der Waals surface area contributed by atoms with E-state index in [0.717, 1.165) is 10.8 Å². The number of nitrogens with two attached hydrogens (primary N) is 1. The van der Waals surface area contributed by atoms with Gasteiger partial charge in [0.2, 0.25) is 0 Å². The molecule has 0 radical (unpaired) electrons. The van der Waals surface area contributed by atoms with Crippen LogP contribution in [0.1, 0.15) is 30.6 Å². The van der Waals surface area contributed by atoms with Gasteiger partial charge in [0.1, 0.15) is 0 Å². The Balaban J connectivity index is 0.00000200. The molecule has 2 rings (SSSR count). The maximum absolute atomic E-state index is 12.3. The summed E-state index contributed by atoms with van der Waals surface area (Å²) < 4.78 is 0. The highest BCUT2D eigenvalue weighted by Gasteiger charge is 2.18. The van der Waals surface area contributed by atoms with E-state index in [-0.39, 0.29) is 32.2 Å². The summed E-state index contributed by atoms with van der Waals surface area (Å²) in [5.74, 6) is -1.15. The van der Waals surface area contributed by atoms with Gasteiger partial charge < -0.3 is 17.0 Å². The number of ketones is 1. The standard InChI is InChI=1S/C15H15NO3.CH4.H3N/c16-13(8-9-14(17)18)15(19)12-7-3-5-10-4-1-2-6-11(10)12;;/h1-7,13H,8-9,16H2,(H,17,18);1H4;1H3. The van der Waals surface area contributed by atoms with E-state index in [0.29, 0.717) is 5.56 Å². The van der Waals surface area contributed by atoms with E-state index in [4.69, 9.17) is 10.8 Å². The van der Waals surface area contributed by atoms with Crippen molar-refractivity contribution in [1.29, 1.82) is 0 Å². The van der Waals surface area contributed by atoms with Crippen LogP contribution in [0.2, 0.25) is 0 Å². The molecular formula is C16H22N2O3. The molecular weight excluding hydrogens is 268 g/mol. The number of carbonyl (C=O) groups is 2. The fraction of sp³-hybridized carbons (Fsp3) is 0.250. The van der Waals surface area contributed by atoms with Gasteiger partial charge in [0.05, 0.1) is 6.04 Å². The van der Waals surface area contributed by atoms with Gasteiger partial charge in [0, 0.05) is 12.0 Å². The molecule has 0 aliphatic carbocycles. The molecule has 0 heterocycles. The average Bonchev–Trinajstić information content (AvgIpc) is 2.43. The summed E-state index contributed by atoms with van der Waals surface area (Å²) in [5.41, 5.74) is 6.33. The lowest BCUT2D eigenvalue weighted by Crippen LogP contribution is -2.31. The second kappa shape index (κ2) is 8.14. The lowest BCUT2D eigenvalue weighted by molar-refractivity contribution is -0.137. The largest absolute Gasteiger partial charge is 0.481 e. The third-order valence-electron chi connectivity index (χ3n) is 3.06. The average molecular weight is 290 g/mol. The fourth-order valence-corrected chi connectivity index (χ4v) is 2.05. The number of carbonyl (C=O) groups excluding carboxylic acids is 1. The molecule has 21 heavy (non-hydrogen) atoms. The van der Waals surface area contributed by atoms with E-state index in [1.54, 1.807) is 12.1 Å². The van der Waals surface area contributed by atoms with E-state index in [2.05, 4.69) is 0 Å². The first kappa shape index (κ1) is 18.8. The van der Waals surface area contributed by atoms with E-state index < -0.39 is 12.0 Å². The molecule has 1 unspecified atom stereocenters. The Hall–Kier alpha value is -2.24. The number of fused-ring (bicyclic) bond motifs is 1. The van der Waals surface area contributed by atoms with Crippen molar-refractivity contribution in [1.82, 2.24) is 6.15 Å². The monoisotopic (exact) mass is 290 g/mol. The normalized spacial score (nSPS) is 11.1. The first-order chi connectivity index (χ1) is 9.09. The highest BCUT2D eigenvalue weighted by molar-refractivity contribution is 6.10. The number of benzene rings is 2. The molecule has 0 saturated heterocycles. The van der Waals surface area contributed by atoms with E-state index in [1.807, 2.05) is 30.3 Å². The van der Waals surface area contributed by atoms with Crippen molar-refractivity contribution < 1.29 is 14.7 Å². The first-order valence-corrected chi connectivity index (χ1v) is 6.09. The number of Topliss-reactive ketones (excluding diaryl/α,β-unsaturated/α-hetero) is 1. The summed E-state index contributed by atoms with van der Waals surface area (Å²) in [6.07, 6.45) is 0.0507. The summed E-state index contributed by atoms with van der Waals surface area (Å²) in [6.45, 7) is 0. The molecule has 0 bridgehead atoms. The summed E-state index contributed by atoms with van der Waals surface area (Å²) in [7, 11) is 0. The van der Waals surface area contributed by atoms with Crippen molar-refractivity contribution in [3.8, 4) is 0 Å². The number of aliphatic carboxylic acids is 1. The van der Waals surface area contributed by atoms with Crippen LogP contribution in [0.3, 0.4) is 0 Å². The van der Waals surface area contributed by atoms with Crippen molar-refractivity contribution >= 4 is 22.5 Å². The Kier molecular flexibility index (Phi) is 7.27. The number of carboxylic acid groups (broad SMARTS) is 1. The topological polar surface area (TPSA) is 115 Å². The summed E-state index contributed by atoms with van der Waals surface area (Å²) >= 11 is 0. The van der Waals surface area contributed by atoms with Crippen LogP contribution in [-0.4, -0.2) is 22.9 Å². The van der Waals surface area contributed by atoms with Gasteiger partial charge in [0.15, 0.2) is 5.78 Å². The quantitative estimate of drug-likeness (QED) is 0.732. The number of carboxylic acids is 1. The van der Waals surface area contributed by atoms with Crippen molar-refractivity contribution in [3.05, 3.63) is 48.0 Å². The molecule has 6 N–H and O–H groups in total. The minimum Gasteiger partial charge on any atom is -0.481 e. The molecule has 5 nitrogen and oxygen atoms in total. The molecule has 114 valence electrons.